The molecule has 124 valence electrons. The fraction of sp³-hybridized carbons (Fsp3) is 0.400. The lowest BCUT2D eigenvalue weighted by Crippen LogP contribution is -2.36. The van der Waals surface area contributed by atoms with Crippen LogP contribution in [0.5, 0.6) is 5.75 Å². The molecule has 0 spiro atoms. The van der Waals surface area contributed by atoms with E-state index in [-0.39, 0.29) is 23.6 Å². The highest BCUT2D eigenvalue weighted by Crippen LogP contribution is 2.20. The SMILES string of the molecule is O=Cc1cccc(C(=O)N/C(COC2CCCCO2)=N\O)c1O. The molecular weight excluding hydrogens is 304 g/mol. The molecular formula is C15H18N2O6. The summed E-state index contributed by atoms with van der Waals surface area (Å²) in [7, 11) is 0. The highest BCUT2D eigenvalue weighted by Gasteiger charge is 2.18. The summed E-state index contributed by atoms with van der Waals surface area (Å²) in [4.78, 5) is 22.9. The van der Waals surface area contributed by atoms with E-state index in [9.17, 15) is 14.7 Å². The van der Waals surface area contributed by atoms with Gasteiger partial charge in [-0.3, -0.25) is 9.59 Å². The Labute approximate surface area is 132 Å². The number of hydrogen-bond donors (Lipinski definition) is 3. The average molecular weight is 322 g/mol. The van der Waals surface area contributed by atoms with E-state index in [0.717, 1.165) is 19.3 Å². The fourth-order valence-corrected chi connectivity index (χ4v) is 2.14. The summed E-state index contributed by atoms with van der Waals surface area (Å²) in [5, 5.41) is 24.1. The van der Waals surface area contributed by atoms with E-state index in [0.29, 0.717) is 12.9 Å². The van der Waals surface area contributed by atoms with Crippen LogP contribution >= 0.6 is 0 Å². The Morgan fingerprint density at radius 3 is 2.96 bits per heavy atom. The lowest BCUT2D eigenvalue weighted by Gasteiger charge is -2.22. The molecule has 23 heavy (non-hydrogen) atoms. The Morgan fingerprint density at radius 1 is 1.48 bits per heavy atom. The van der Waals surface area contributed by atoms with Gasteiger partial charge in [-0.2, -0.15) is 0 Å². The molecule has 1 atom stereocenters. The Hall–Kier alpha value is -2.45. The Balaban J connectivity index is 1.95. The van der Waals surface area contributed by atoms with E-state index in [4.69, 9.17) is 14.7 Å². The molecule has 1 aromatic carbocycles. The lowest BCUT2D eigenvalue weighted by atomic mass is 10.1. The molecule has 1 aromatic rings. The summed E-state index contributed by atoms with van der Waals surface area (Å²) >= 11 is 0. The van der Waals surface area contributed by atoms with Crippen LogP contribution in [-0.4, -0.2) is 47.8 Å². The molecule has 1 aliphatic heterocycles. The zero-order valence-electron chi connectivity index (χ0n) is 12.4. The summed E-state index contributed by atoms with van der Waals surface area (Å²) in [5.41, 5.74) is -0.114. The smallest absolute Gasteiger partial charge is 0.260 e. The first-order valence-corrected chi connectivity index (χ1v) is 7.18. The van der Waals surface area contributed by atoms with Crippen molar-refractivity contribution in [1.29, 1.82) is 0 Å². The van der Waals surface area contributed by atoms with Crippen molar-refractivity contribution < 1.29 is 29.4 Å². The molecule has 1 aliphatic rings. The zero-order valence-corrected chi connectivity index (χ0v) is 12.4. The molecule has 0 saturated carbocycles. The second-order valence-electron chi connectivity index (χ2n) is 4.97. The Bertz CT molecular complexity index is 596. The first-order chi connectivity index (χ1) is 11.2. The van der Waals surface area contributed by atoms with Gasteiger partial charge in [-0.1, -0.05) is 11.2 Å². The average Bonchev–Trinajstić information content (AvgIpc) is 2.59. The van der Waals surface area contributed by atoms with Crippen molar-refractivity contribution in [3.8, 4) is 5.75 Å². The molecule has 0 radical (unpaired) electrons. The van der Waals surface area contributed by atoms with Crippen molar-refractivity contribution in [2.24, 2.45) is 5.16 Å². The quantitative estimate of drug-likeness (QED) is 0.247. The van der Waals surface area contributed by atoms with Gasteiger partial charge in [0.05, 0.1) is 11.1 Å². The number of benzene rings is 1. The van der Waals surface area contributed by atoms with Gasteiger partial charge in [0.15, 0.2) is 18.4 Å². The third-order valence-electron chi connectivity index (χ3n) is 3.36. The molecule has 8 nitrogen and oxygen atoms in total. The largest absolute Gasteiger partial charge is 0.506 e. The molecule has 1 heterocycles. The maximum Gasteiger partial charge on any atom is 0.260 e. The summed E-state index contributed by atoms with van der Waals surface area (Å²) in [6.07, 6.45) is 2.73. The van der Waals surface area contributed by atoms with Gasteiger partial charge in [0.2, 0.25) is 0 Å². The number of ether oxygens (including phenoxy) is 2. The van der Waals surface area contributed by atoms with Crippen LogP contribution in [0.3, 0.4) is 0 Å². The van der Waals surface area contributed by atoms with E-state index < -0.39 is 17.9 Å². The molecule has 2 rings (SSSR count). The van der Waals surface area contributed by atoms with Crippen LogP contribution in [-0.2, 0) is 9.47 Å². The number of phenols is 1. The maximum absolute atomic E-state index is 12.1. The Morgan fingerprint density at radius 2 is 2.30 bits per heavy atom. The molecule has 8 heteroatoms. The highest BCUT2D eigenvalue weighted by molar-refractivity contribution is 6.08. The van der Waals surface area contributed by atoms with Gasteiger partial charge in [0.1, 0.15) is 12.4 Å². The first kappa shape index (κ1) is 16.9. The standard InChI is InChI=1S/C15H18N2O6/c18-8-10-4-3-5-11(14(10)19)15(20)16-12(17-21)9-23-13-6-1-2-7-22-13/h3-5,8,13,19,21H,1-2,6-7,9H2,(H,16,17,20). The second kappa shape index (κ2) is 8.25. The van der Waals surface area contributed by atoms with Crippen molar-refractivity contribution in [3.05, 3.63) is 29.3 Å². The van der Waals surface area contributed by atoms with Crippen LogP contribution in [0.2, 0.25) is 0 Å². The zero-order chi connectivity index (χ0) is 16.7. The van der Waals surface area contributed by atoms with Gasteiger partial charge in [-0.05, 0) is 31.4 Å². The molecule has 3 N–H and O–H groups in total. The minimum atomic E-state index is -0.716. The first-order valence-electron chi connectivity index (χ1n) is 7.18. The van der Waals surface area contributed by atoms with Crippen LogP contribution < -0.4 is 5.32 Å². The number of oxime groups is 1. The number of carbonyl (C=O) groups is 2. The van der Waals surface area contributed by atoms with Crippen molar-refractivity contribution >= 4 is 18.0 Å². The number of amidine groups is 1. The number of aromatic hydroxyl groups is 1. The van der Waals surface area contributed by atoms with Crippen LogP contribution in [0.15, 0.2) is 23.4 Å². The number of nitrogens with one attached hydrogen (secondary N) is 1. The van der Waals surface area contributed by atoms with Gasteiger partial charge in [-0.25, -0.2) is 0 Å². The summed E-state index contributed by atoms with van der Waals surface area (Å²) in [6, 6.07) is 4.18. The maximum atomic E-state index is 12.1. The topological polar surface area (TPSA) is 117 Å². The molecule has 1 saturated heterocycles. The van der Waals surface area contributed by atoms with Crippen molar-refractivity contribution in [2.75, 3.05) is 13.2 Å². The number of phenolic OH excluding ortho intramolecular Hbond substituents is 1. The number of nitrogens with zero attached hydrogens (tertiary/aromatic N) is 1. The van der Waals surface area contributed by atoms with E-state index in [2.05, 4.69) is 10.5 Å². The second-order valence-corrected chi connectivity index (χ2v) is 4.97. The highest BCUT2D eigenvalue weighted by atomic mass is 16.7. The number of aldehydes is 1. The van der Waals surface area contributed by atoms with Gasteiger partial charge in [0, 0.05) is 6.61 Å². The normalized spacial score (nSPS) is 18.4. The van der Waals surface area contributed by atoms with Crippen molar-refractivity contribution in [3.63, 3.8) is 0 Å². The van der Waals surface area contributed by atoms with E-state index >= 15 is 0 Å². The number of para-hydroxylation sites is 1. The van der Waals surface area contributed by atoms with Crippen molar-refractivity contribution in [2.45, 2.75) is 25.6 Å². The van der Waals surface area contributed by atoms with E-state index in [1.165, 1.54) is 18.2 Å². The van der Waals surface area contributed by atoms with Gasteiger partial charge in [-0.15, -0.1) is 0 Å². The molecule has 0 aromatic heterocycles. The molecule has 1 amide bonds. The number of carbonyl (C=O) groups excluding carboxylic acids is 2. The predicted molar refractivity (Wildman–Crippen MR) is 79.7 cm³/mol. The van der Waals surface area contributed by atoms with E-state index in [1.54, 1.807) is 0 Å². The van der Waals surface area contributed by atoms with Crippen molar-refractivity contribution in [1.82, 2.24) is 5.32 Å². The number of hydrogen-bond acceptors (Lipinski definition) is 7. The van der Waals surface area contributed by atoms with Gasteiger partial charge < -0.3 is 25.1 Å². The predicted octanol–water partition coefficient (Wildman–Crippen LogP) is 1.27. The molecule has 1 fully saturated rings. The minimum Gasteiger partial charge on any atom is -0.506 e. The fourth-order valence-electron chi connectivity index (χ4n) is 2.14. The van der Waals surface area contributed by atoms with Crippen LogP contribution in [0, 0.1) is 0 Å². The lowest BCUT2D eigenvalue weighted by molar-refractivity contribution is -0.153. The molecule has 1 unspecified atom stereocenters. The van der Waals surface area contributed by atoms with Crippen LogP contribution in [0.25, 0.3) is 0 Å². The van der Waals surface area contributed by atoms with Crippen LogP contribution in [0.4, 0.5) is 0 Å². The van der Waals surface area contributed by atoms with Gasteiger partial charge >= 0.3 is 0 Å². The molecule has 0 bridgehead atoms. The van der Waals surface area contributed by atoms with Gasteiger partial charge in [0.25, 0.3) is 5.91 Å². The van der Waals surface area contributed by atoms with E-state index in [1.807, 2.05) is 0 Å². The summed E-state index contributed by atoms with van der Waals surface area (Å²) in [6.45, 7) is 0.454. The summed E-state index contributed by atoms with van der Waals surface area (Å²) in [5.74, 6) is -1.28. The number of amides is 1. The monoisotopic (exact) mass is 322 g/mol. The van der Waals surface area contributed by atoms with Crippen LogP contribution in [0.1, 0.15) is 40.0 Å². The summed E-state index contributed by atoms with van der Waals surface area (Å²) < 4.78 is 10.8. The third kappa shape index (κ3) is 4.51. The number of rotatable bonds is 5. The minimum absolute atomic E-state index is 0.00741. The Kier molecular flexibility index (Phi) is 6.07. The third-order valence-corrected chi connectivity index (χ3v) is 3.36. The molecule has 0 aliphatic carbocycles.